The van der Waals surface area contributed by atoms with Crippen LogP contribution in [0.3, 0.4) is 0 Å². The zero-order valence-electron chi connectivity index (χ0n) is 16.8. The Hall–Kier alpha value is -1.21. The maximum absolute atomic E-state index is 12.7. The number of hydrogen-bond acceptors (Lipinski definition) is 4. The molecule has 7 heteroatoms. The van der Waals surface area contributed by atoms with Crippen LogP contribution < -0.4 is 5.32 Å². The molecule has 2 rings (SSSR count). The molecule has 0 radical (unpaired) electrons. The normalized spacial score (nSPS) is 20.8. The highest BCUT2D eigenvalue weighted by Gasteiger charge is 2.39. The summed E-state index contributed by atoms with van der Waals surface area (Å²) in [6, 6.07) is 2.09. The number of aryl methyl sites for hydroxylation is 1. The lowest BCUT2D eigenvalue weighted by molar-refractivity contribution is -0.130. The van der Waals surface area contributed by atoms with Gasteiger partial charge >= 0.3 is 6.03 Å². The van der Waals surface area contributed by atoms with Crippen LogP contribution >= 0.6 is 23.1 Å². The lowest BCUT2D eigenvalue weighted by Crippen LogP contribution is -2.52. The summed E-state index contributed by atoms with van der Waals surface area (Å²) >= 11 is 3.40. The van der Waals surface area contributed by atoms with Gasteiger partial charge in [-0.3, -0.25) is 4.79 Å². The van der Waals surface area contributed by atoms with Crippen molar-refractivity contribution >= 4 is 35.0 Å². The van der Waals surface area contributed by atoms with Gasteiger partial charge in [0, 0.05) is 29.5 Å². The van der Waals surface area contributed by atoms with Gasteiger partial charge in [0.2, 0.25) is 5.91 Å². The van der Waals surface area contributed by atoms with E-state index in [4.69, 9.17) is 0 Å². The van der Waals surface area contributed by atoms with Crippen molar-refractivity contribution in [1.82, 2.24) is 15.1 Å². The van der Waals surface area contributed by atoms with E-state index in [0.29, 0.717) is 13.1 Å². The van der Waals surface area contributed by atoms with Crippen molar-refractivity contribution in [2.24, 2.45) is 0 Å². The second-order valence-electron chi connectivity index (χ2n) is 8.10. The molecule has 1 saturated heterocycles. The van der Waals surface area contributed by atoms with E-state index in [0.717, 1.165) is 0 Å². The molecule has 0 aromatic carbocycles. The monoisotopic (exact) mass is 397 g/mol. The Kier molecular flexibility index (Phi) is 6.66. The fourth-order valence-electron chi connectivity index (χ4n) is 2.94. The number of nitrogens with zero attached hydrogens (tertiary/aromatic N) is 2. The summed E-state index contributed by atoms with van der Waals surface area (Å²) in [6.45, 7) is 15.1. The molecule has 1 aliphatic rings. The fraction of sp³-hybridized carbons (Fsp3) is 0.684. The highest BCUT2D eigenvalue weighted by atomic mass is 32.2. The topological polar surface area (TPSA) is 52.7 Å². The van der Waals surface area contributed by atoms with Gasteiger partial charge in [0.15, 0.2) is 0 Å². The highest BCUT2D eigenvalue weighted by molar-refractivity contribution is 8.01. The van der Waals surface area contributed by atoms with Crippen LogP contribution in [-0.4, -0.2) is 51.7 Å². The number of carbonyl (C=O) groups is 2. The number of urea groups is 1. The molecule has 1 N–H and O–H groups in total. The maximum atomic E-state index is 12.7. The van der Waals surface area contributed by atoms with Crippen molar-refractivity contribution in [3.63, 3.8) is 0 Å². The maximum Gasteiger partial charge on any atom is 0.318 e. The minimum absolute atomic E-state index is 0.0441. The number of thiophene rings is 1. The Morgan fingerprint density at radius 2 is 2.04 bits per heavy atom. The van der Waals surface area contributed by atoms with Gasteiger partial charge in [-0.05, 0) is 65.5 Å². The van der Waals surface area contributed by atoms with Crippen LogP contribution in [0.4, 0.5) is 4.79 Å². The van der Waals surface area contributed by atoms with Crippen molar-refractivity contribution < 1.29 is 9.59 Å². The standard InChI is InChI=1S/C19H31N3O2S2/c1-12(2)21(18(24)20-19(5,6)7)9-10-22-16(23)14(4)26-17(22)15-13(3)8-11-25-15/h8,11-12,14,17H,9-10H2,1-7H3,(H,20,24)/t14-,17+/m1/s1. The van der Waals surface area contributed by atoms with E-state index in [1.54, 1.807) is 23.1 Å². The Labute approximate surface area is 165 Å². The summed E-state index contributed by atoms with van der Waals surface area (Å²) in [6.07, 6.45) is 0. The zero-order chi connectivity index (χ0) is 19.6. The van der Waals surface area contributed by atoms with Crippen LogP contribution in [0.15, 0.2) is 11.4 Å². The molecule has 0 bridgehead atoms. The van der Waals surface area contributed by atoms with E-state index in [1.165, 1.54) is 10.4 Å². The third kappa shape index (κ3) is 4.94. The van der Waals surface area contributed by atoms with Gasteiger partial charge in [0.25, 0.3) is 0 Å². The second-order valence-corrected chi connectivity index (χ2v) is 10.5. The molecule has 0 saturated carbocycles. The first-order valence-electron chi connectivity index (χ1n) is 9.10. The molecule has 5 nitrogen and oxygen atoms in total. The van der Waals surface area contributed by atoms with Crippen molar-refractivity contribution in [2.45, 2.75) is 70.7 Å². The van der Waals surface area contributed by atoms with E-state index >= 15 is 0 Å². The Morgan fingerprint density at radius 1 is 1.38 bits per heavy atom. The number of hydrogen-bond donors (Lipinski definition) is 1. The van der Waals surface area contributed by atoms with Crippen LogP contribution in [0.5, 0.6) is 0 Å². The highest BCUT2D eigenvalue weighted by Crippen LogP contribution is 2.45. The van der Waals surface area contributed by atoms with Gasteiger partial charge in [0.1, 0.15) is 5.37 Å². The molecule has 0 unspecified atom stereocenters. The predicted octanol–water partition coefficient (Wildman–Crippen LogP) is 4.24. The third-order valence-electron chi connectivity index (χ3n) is 4.32. The van der Waals surface area contributed by atoms with Gasteiger partial charge in [-0.1, -0.05) is 0 Å². The average molecular weight is 398 g/mol. The van der Waals surface area contributed by atoms with Gasteiger partial charge in [-0.15, -0.1) is 23.1 Å². The van der Waals surface area contributed by atoms with Crippen molar-refractivity contribution in [3.05, 3.63) is 21.9 Å². The number of rotatable bonds is 5. The summed E-state index contributed by atoms with van der Waals surface area (Å²) in [7, 11) is 0. The van der Waals surface area contributed by atoms with E-state index < -0.39 is 0 Å². The fourth-order valence-corrected chi connectivity index (χ4v) is 5.50. The molecular formula is C19H31N3O2S2. The van der Waals surface area contributed by atoms with Crippen LogP contribution in [0, 0.1) is 6.92 Å². The van der Waals surface area contributed by atoms with E-state index in [1.807, 2.05) is 51.3 Å². The summed E-state index contributed by atoms with van der Waals surface area (Å²) in [5.41, 5.74) is 0.944. The molecule has 1 aliphatic heterocycles. The summed E-state index contributed by atoms with van der Waals surface area (Å²) in [4.78, 5) is 30.3. The van der Waals surface area contributed by atoms with E-state index in [-0.39, 0.29) is 34.1 Å². The molecule has 1 aromatic rings. The molecule has 26 heavy (non-hydrogen) atoms. The number of amides is 3. The lowest BCUT2D eigenvalue weighted by Gasteiger charge is -2.33. The van der Waals surface area contributed by atoms with Gasteiger partial charge < -0.3 is 15.1 Å². The number of nitrogens with one attached hydrogen (secondary N) is 1. The average Bonchev–Trinajstić information content (AvgIpc) is 3.03. The third-order valence-corrected chi connectivity index (χ3v) is 6.90. The van der Waals surface area contributed by atoms with Crippen LogP contribution in [0.2, 0.25) is 0 Å². The van der Waals surface area contributed by atoms with Crippen molar-refractivity contribution in [3.8, 4) is 0 Å². The summed E-state index contributed by atoms with van der Waals surface area (Å²) in [5, 5.41) is 5.11. The first-order valence-corrected chi connectivity index (χ1v) is 10.9. The quantitative estimate of drug-likeness (QED) is 0.809. The first-order chi connectivity index (χ1) is 12.0. The predicted molar refractivity (Wildman–Crippen MR) is 111 cm³/mol. The molecule has 0 spiro atoms. The molecule has 2 heterocycles. The second kappa shape index (κ2) is 8.21. The van der Waals surface area contributed by atoms with Crippen LogP contribution in [0.1, 0.15) is 57.4 Å². The van der Waals surface area contributed by atoms with Crippen molar-refractivity contribution in [1.29, 1.82) is 0 Å². The minimum Gasteiger partial charge on any atom is -0.333 e. The Morgan fingerprint density at radius 3 is 2.54 bits per heavy atom. The van der Waals surface area contributed by atoms with Crippen molar-refractivity contribution in [2.75, 3.05) is 13.1 Å². The minimum atomic E-state index is -0.283. The van der Waals surface area contributed by atoms with E-state index in [2.05, 4.69) is 23.7 Å². The Balaban J connectivity index is 2.12. The summed E-state index contributed by atoms with van der Waals surface area (Å²) < 4.78 is 0. The number of thioether (sulfide) groups is 1. The first kappa shape index (κ1) is 21.1. The molecule has 1 fully saturated rings. The molecule has 2 atom stereocenters. The molecule has 1 aromatic heterocycles. The Bertz CT molecular complexity index is 651. The molecule has 146 valence electrons. The van der Waals surface area contributed by atoms with Gasteiger partial charge in [0.05, 0.1) is 5.25 Å². The molecule has 0 aliphatic carbocycles. The van der Waals surface area contributed by atoms with Crippen LogP contribution in [0.25, 0.3) is 0 Å². The number of carbonyl (C=O) groups excluding carboxylic acids is 2. The smallest absolute Gasteiger partial charge is 0.318 e. The summed E-state index contributed by atoms with van der Waals surface area (Å²) in [5.74, 6) is 0.160. The molecular weight excluding hydrogens is 366 g/mol. The van der Waals surface area contributed by atoms with Gasteiger partial charge in [-0.2, -0.15) is 0 Å². The van der Waals surface area contributed by atoms with Gasteiger partial charge in [-0.25, -0.2) is 4.79 Å². The molecule has 3 amide bonds. The lowest BCUT2D eigenvalue weighted by atomic mass is 10.1. The largest absolute Gasteiger partial charge is 0.333 e. The SMILES string of the molecule is Cc1ccsc1[C@@H]1S[C@H](C)C(=O)N1CCN(C(=O)NC(C)(C)C)C(C)C. The zero-order valence-corrected chi connectivity index (χ0v) is 18.5. The van der Waals surface area contributed by atoms with E-state index in [9.17, 15) is 9.59 Å². The van der Waals surface area contributed by atoms with Crippen LogP contribution in [-0.2, 0) is 4.79 Å².